The Morgan fingerprint density at radius 2 is 1.84 bits per heavy atom. The highest BCUT2D eigenvalue weighted by molar-refractivity contribution is 6.53. The van der Waals surface area contributed by atoms with Crippen molar-refractivity contribution in [1.82, 2.24) is 14.8 Å². The number of hydrogen-bond acceptors (Lipinski definition) is 6. The van der Waals surface area contributed by atoms with Gasteiger partial charge in [0, 0.05) is 30.0 Å². The van der Waals surface area contributed by atoms with Crippen LogP contribution >= 0.6 is 23.2 Å². The summed E-state index contributed by atoms with van der Waals surface area (Å²) in [7, 11) is -0.846. The van der Waals surface area contributed by atoms with Crippen LogP contribution in [0.2, 0.25) is 10.0 Å². The van der Waals surface area contributed by atoms with Gasteiger partial charge in [-0.3, -0.25) is 4.98 Å². The van der Waals surface area contributed by atoms with E-state index in [0.717, 1.165) is 24.8 Å². The van der Waals surface area contributed by atoms with Gasteiger partial charge in [0.1, 0.15) is 23.4 Å². The maximum atomic E-state index is 15.9. The molecule has 2 atom stereocenters. The monoisotopic (exact) mass is 561 g/mol. The van der Waals surface area contributed by atoms with Gasteiger partial charge in [-0.25, -0.2) is 9.07 Å². The van der Waals surface area contributed by atoms with E-state index < -0.39 is 30.3 Å². The Kier molecular flexibility index (Phi) is 7.52. The number of rotatable bonds is 6. The highest BCUT2D eigenvalue weighted by Gasteiger charge is 2.50. The molecule has 0 spiro atoms. The van der Waals surface area contributed by atoms with Gasteiger partial charge >= 0.3 is 7.12 Å². The molecular formula is C27H31BCl2FN3O4. The third kappa shape index (κ3) is 5.19. The number of nitrogens with zero attached hydrogens (tertiary/aromatic N) is 3. The van der Waals surface area contributed by atoms with E-state index in [0.29, 0.717) is 33.4 Å². The Labute approximate surface area is 232 Å². The molecule has 1 aromatic carbocycles. The summed E-state index contributed by atoms with van der Waals surface area (Å²) in [5.41, 5.74) is 0.366. The molecule has 2 aromatic heterocycles. The minimum absolute atomic E-state index is 0.168. The average Bonchev–Trinajstić information content (AvgIpc) is 3.32. The first-order valence-electron chi connectivity index (χ1n) is 12.8. The topological polar surface area (TPSA) is 67.6 Å². The molecule has 2 saturated heterocycles. The molecule has 4 heterocycles. The molecule has 2 aliphatic heterocycles. The summed E-state index contributed by atoms with van der Waals surface area (Å²) < 4.78 is 41.8. The van der Waals surface area contributed by atoms with Crippen molar-refractivity contribution in [3.05, 3.63) is 57.9 Å². The molecule has 0 aliphatic carbocycles. The number of fused-ring (bicyclic) bond motifs is 1. The van der Waals surface area contributed by atoms with Crippen LogP contribution in [0, 0.1) is 0 Å². The van der Waals surface area contributed by atoms with E-state index in [-0.39, 0.29) is 11.9 Å². The zero-order chi connectivity index (χ0) is 27.2. The molecule has 0 saturated carbocycles. The summed E-state index contributed by atoms with van der Waals surface area (Å²) in [6, 6.07) is 5.46. The number of pyridine rings is 1. The van der Waals surface area contributed by atoms with Gasteiger partial charge in [-0.05, 0) is 78.1 Å². The van der Waals surface area contributed by atoms with Gasteiger partial charge in [-0.15, -0.1) is 0 Å². The van der Waals surface area contributed by atoms with Crippen molar-refractivity contribution in [2.75, 3.05) is 6.61 Å². The van der Waals surface area contributed by atoms with Crippen LogP contribution in [0.15, 0.2) is 36.6 Å². The van der Waals surface area contributed by atoms with Crippen LogP contribution in [0.3, 0.4) is 0 Å². The molecule has 7 nitrogen and oxygen atoms in total. The molecule has 0 radical (unpaired) electrons. The van der Waals surface area contributed by atoms with E-state index in [9.17, 15) is 0 Å². The number of halogens is 3. The molecule has 5 rings (SSSR count). The lowest BCUT2D eigenvalue weighted by molar-refractivity contribution is -0.0367. The van der Waals surface area contributed by atoms with Gasteiger partial charge < -0.3 is 18.8 Å². The van der Waals surface area contributed by atoms with Crippen LogP contribution in [0.4, 0.5) is 4.39 Å². The highest BCUT2D eigenvalue weighted by Crippen LogP contribution is 2.39. The fraction of sp³-hybridized carbons (Fsp3) is 0.481. The molecule has 38 heavy (non-hydrogen) atoms. The van der Waals surface area contributed by atoms with Crippen LogP contribution in [0.25, 0.3) is 16.7 Å². The van der Waals surface area contributed by atoms with E-state index in [1.54, 1.807) is 10.7 Å². The summed E-state index contributed by atoms with van der Waals surface area (Å²) in [6.45, 7) is 10.2. The Morgan fingerprint density at radius 1 is 1.16 bits per heavy atom. The second kappa shape index (κ2) is 10.4. The van der Waals surface area contributed by atoms with Gasteiger partial charge in [0.05, 0.1) is 26.8 Å². The van der Waals surface area contributed by atoms with Crippen LogP contribution in [0.1, 0.15) is 77.5 Å². The summed E-state index contributed by atoms with van der Waals surface area (Å²) in [6.07, 6.45) is 5.11. The molecule has 2 unspecified atom stereocenters. The third-order valence-corrected chi connectivity index (χ3v) is 8.10. The van der Waals surface area contributed by atoms with Crippen LogP contribution in [0.5, 0.6) is 5.75 Å². The number of ether oxygens (including phenoxy) is 2. The fourth-order valence-corrected chi connectivity index (χ4v) is 5.41. The van der Waals surface area contributed by atoms with E-state index in [2.05, 4.69) is 10.1 Å². The lowest BCUT2D eigenvalue weighted by atomic mass is 9.89. The maximum Gasteiger partial charge on any atom is 0.490 e. The molecule has 2 fully saturated rings. The fourth-order valence-electron chi connectivity index (χ4n) is 4.73. The second-order valence-corrected chi connectivity index (χ2v) is 11.5. The molecule has 0 N–H and O–H groups in total. The first-order chi connectivity index (χ1) is 18.0. The van der Waals surface area contributed by atoms with Gasteiger partial charge in [0.2, 0.25) is 0 Å². The number of aromatic nitrogens is 3. The molecule has 3 aromatic rings. The van der Waals surface area contributed by atoms with E-state index in [1.165, 1.54) is 18.4 Å². The van der Waals surface area contributed by atoms with E-state index in [1.807, 2.05) is 46.8 Å². The smallest absolute Gasteiger partial charge is 0.486 e. The maximum absolute atomic E-state index is 15.9. The summed E-state index contributed by atoms with van der Waals surface area (Å²) in [4.78, 5) is 4.00. The van der Waals surface area contributed by atoms with Crippen molar-refractivity contribution in [1.29, 1.82) is 0 Å². The molecule has 2 aliphatic rings. The Hall–Kier alpha value is -2.17. The van der Waals surface area contributed by atoms with Crippen LogP contribution in [-0.4, -0.2) is 39.7 Å². The van der Waals surface area contributed by atoms with Gasteiger partial charge in [0.25, 0.3) is 0 Å². The summed E-state index contributed by atoms with van der Waals surface area (Å²) in [5, 5.41) is 6.07. The van der Waals surface area contributed by atoms with Crippen molar-refractivity contribution >= 4 is 47.1 Å². The first-order valence-corrected chi connectivity index (χ1v) is 13.6. The van der Waals surface area contributed by atoms with Crippen molar-refractivity contribution in [3.8, 4) is 5.75 Å². The lowest BCUT2D eigenvalue weighted by Gasteiger charge is -2.32. The van der Waals surface area contributed by atoms with Gasteiger partial charge in [0.15, 0.2) is 6.23 Å². The summed E-state index contributed by atoms with van der Waals surface area (Å²) >= 11 is 12.7. The zero-order valence-electron chi connectivity index (χ0n) is 22.1. The van der Waals surface area contributed by atoms with Crippen LogP contribution in [-0.2, 0) is 14.0 Å². The normalized spacial score (nSPS) is 22.2. The molecule has 0 bridgehead atoms. The second-order valence-electron chi connectivity index (χ2n) is 10.7. The number of benzene rings is 1. The molecule has 0 amide bonds. The molecular weight excluding hydrogens is 531 g/mol. The van der Waals surface area contributed by atoms with Crippen molar-refractivity contribution in [3.63, 3.8) is 0 Å². The van der Waals surface area contributed by atoms with Crippen LogP contribution < -0.4 is 4.74 Å². The highest BCUT2D eigenvalue weighted by atomic mass is 35.5. The summed E-state index contributed by atoms with van der Waals surface area (Å²) in [5.74, 6) is 1.30. The molecule has 202 valence electrons. The van der Waals surface area contributed by atoms with E-state index >= 15 is 4.39 Å². The number of hydrogen-bond donors (Lipinski definition) is 0. The minimum atomic E-state index is -0.846. The lowest BCUT2D eigenvalue weighted by Crippen LogP contribution is -2.41. The van der Waals surface area contributed by atoms with Gasteiger partial charge in [-0.1, -0.05) is 23.2 Å². The zero-order valence-corrected chi connectivity index (χ0v) is 23.6. The molecule has 11 heteroatoms. The van der Waals surface area contributed by atoms with Crippen molar-refractivity contribution in [2.45, 2.75) is 77.4 Å². The minimum Gasteiger partial charge on any atom is -0.486 e. The predicted octanol–water partition coefficient (Wildman–Crippen LogP) is 7.52. The third-order valence-electron chi connectivity index (χ3n) is 7.50. The Balaban J connectivity index is 1.52. The van der Waals surface area contributed by atoms with Crippen molar-refractivity contribution in [2.24, 2.45) is 0 Å². The standard InChI is InChI=1S/C27H31BCl2FN3O4/c1-16(24-19(29)14-32-15-20(24)30)36-17-9-10-22-18(12-17)25(33-34(22)23-8-6-7-11-35-23)21(31)13-28-37-26(2,3)27(4,5)38-28/h9-10,12-16,23H,6-8,11H2,1-5H3/b21-13-. The average molecular weight is 562 g/mol. The van der Waals surface area contributed by atoms with Gasteiger partial charge in [-0.2, -0.15) is 5.10 Å². The first kappa shape index (κ1) is 27.4. The quantitative estimate of drug-likeness (QED) is 0.290. The Morgan fingerprint density at radius 3 is 2.47 bits per heavy atom. The largest absolute Gasteiger partial charge is 0.490 e. The van der Waals surface area contributed by atoms with E-state index in [4.69, 9.17) is 42.0 Å². The SMILES string of the molecule is CC(Oc1ccc2c(c1)c(/C(F)=C/B1OC(C)(C)C(C)(C)O1)nn2C1CCCCO1)c1c(Cl)cncc1Cl. The Bertz CT molecular complexity index is 1340. The van der Waals surface area contributed by atoms with Crippen molar-refractivity contribution < 1.29 is 23.2 Å². The predicted molar refractivity (Wildman–Crippen MR) is 147 cm³/mol.